The third-order valence-electron chi connectivity index (χ3n) is 17.1. The number of hydrogen-bond acceptors (Lipinski definition) is 9. The molecule has 1 unspecified atom stereocenters. The van der Waals surface area contributed by atoms with Gasteiger partial charge in [-0.2, -0.15) is 0 Å². The largest absolute Gasteiger partial charge is 0.390 e. The normalized spacial score (nSPS) is 25.9. The number of benzene rings is 1. The minimum Gasteiger partial charge on any atom is -0.390 e. The number of hydrogen-bond donors (Lipinski definition) is 5. The standard InChI is InChI=1S/C58H96N8O7/c1-6-58(4,5)57(73)66-32-19-28-50(66)56(72)60-47(27-18-30-63-34-36-64(37-35-63)41-45-24-14-9-15-25-45)53(69)59-46-26-16-17-31-65(33-29-43-20-10-7-11-21-43)52(68)40-51(67)48(39-44-22-12-8-13-23-44)61-55(71)49(38-42(2)3)62-54(46)70/h8,12-13,22-23,42-43,45-51,67H,6-7,9-11,14-21,24-41H2,1-5H3,(H,59,69)(H,60,72)(H,61,71)(H,62,70)/t46-,47-,48-,49-,50?,51+/m0/s1. The summed E-state index contributed by atoms with van der Waals surface area (Å²) in [5.74, 6) is -0.694. The Hall–Kier alpha value is -4.08. The van der Waals surface area contributed by atoms with Crippen LogP contribution in [0, 0.1) is 23.2 Å². The molecule has 0 aromatic heterocycles. The van der Waals surface area contributed by atoms with Crippen LogP contribution in [0.25, 0.3) is 0 Å². The molecule has 15 heteroatoms. The quantitative estimate of drug-likeness (QED) is 0.105. The summed E-state index contributed by atoms with van der Waals surface area (Å²) in [5, 5.41) is 24.0. The van der Waals surface area contributed by atoms with Gasteiger partial charge >= 0.3 is 0 Å². The molecule has 0 spiro atoms. The maximum absolute atomic E-state index is 14.8. The molecule has 5 aliphatic rings. The molecule has 3 saturated heterocycles. The molecule has 6 rings (SSSR count). The molecule has 5 fully saturated rings. The zero-order valence-corrected chi connectivity index (χ0v) is 45.7. The van der Waals surface area contributed by atoms with E-state index in [1.807, 2.05) is 69.9 Å². The third-order valence-corrected chi connectivity index (χ3v) is 17.1. The number of nitrogens with one attached hydrogen (secondary N) is 4. The van der Waals surface area contributed by atoms with Gasteiger partial charge in [-0.15, -0.1) is 0 Å². The highest BCUT2D eigenvalue weighted by Gasteiger charge is 2.41. The molecule has 6 atom stereocenters. The van der Waals surface area contributed by atoms with Crippen LogP contribution in [0.1, 0.15) is 175 Å². The predicted octanol–water partition coefficient (Wildman–Crippen LogP) is 6.35. The first-order valence-corrected chi connectivity index (χ1v) is 29.1. The number of piperazine rings is 1. The van der Waals surface area contributed by atoms with Crippen molar-refractivity contribution in [1.29, 1.82) is 0 Å². The number of rotatable bonds is 19. The molecule has 410 valence electrons. The Balaban J connectivity index is 1.20. The van der Waals surface area contributed by atoms with Crippen molar-refractivity contribution in [2.75, 3.05) is 58.9 Å². The van der Waals surface area contributed by atoms with E-state index in [-0.39, 0.29) is 42.9 Å². The minimum absolute atomic E-state index is 0.00682. The maximum atomic E-state index is 14.8. The summed E-state index contributed by atoms with van der Waals surface area (Å²) in [6.07, 6.45) is 16.9. The van der Waals surface area contributed by atoms with Gasteiger partial charge in [-0.3, -0.25) is 28.8 Å². The van der Waals surface area contributed by atoms with Crippen molar-refractivity contribution in [3.8, 4) is 0 Å². The molecule has 1 aromatic carbocycles. The third kappa shape index (κ3) is 18.3. The van der Waals surface area contributed by atoms with E-state index in [4.69, 9.17) is 0 Å². The lowest BCUT2D eigenvalue weighted by Crippen LogP contribution is -2.59. The molecular formula is C58H96N8O7. The van der Waals surface area contributed by atoms with Crippen molar-refractivity contribution < 1.29 is 33.9 Å². The average molecular weight is 1020 g/mol. The highest BCUT2D eigenvalue weighted by Crippen LogP contribution is 2.30. The molecule has 6 amide bonds. The van der Waals surface area contributed by atoms with Crippen LogP contribution in [-0.4, -0.2) is 155 Å². The Kier molecular flexibility index (Phi) is 23.3. The Bertz CT molecular complexity index is 1900. The van der Waals surface area contributed by atoms with Crippen molar-refractivity contribution in [2.24, 2.45) is 23.2 Å². The van der Waals surface area contributed by atoms with E-state index in [1.54, 1.807) is 4.90 Å². The van der Waals surface area contributed by atoms with Crippen LogP contribution in [0.2, 0.25) is 0 Å². The Morgan fingerprint density at radius 1 is 0.753 bits per heavy atom. The molecule has 2 saturated carbocycles. The fourth-order valence-electron chi connectivity index (χ4n) is 12.0. The van der Waals surface area contributed by atoms with Gasteiger partial charge in [-0.05, 0) is 113 Å². The van der Waals surface area contributed by atoms with Gasteiger partial charge in [-0.1, -0.05) is 116 Å². The highest BCUT2D eigenvalue weighted by atomic mass is 16.3. The van der Waals surface area contributed by atoms with Crippen molar-refractivity contribution in [2.45, 2.75) is 212 Å². The monoisotopic (exact) mass is 1020 g/mol. The van der Waals surface area contributed by atoms with E-state index in [9.17, 15) is 33.9 Å². The predicted molar refractivity (Wildman–Crippen MR) is 287 cm³/mol. The molecule has 5 N–H and O–H groups in total. The number of aliphatic hydroxyl groups is 1. The van der Waals surface area contributed by atoms with E-state index in [2.05, 4.69) is 31.1 Å². The lowest BCUT2D eigenvalue weighted by Gasteiger charge is -2.37. The molecule has 2 aliphatic carbocycles. The van der Waals surface area contributed by atoms with Crippen LogP contribution >= 0.6 is 0 Å². The van der Waals surface area contributed by atoms with Crippen LogP contribution in [0.5, 0.6) is 0 Å². The molecule has 15 nitrogen and oxygen atoms in total. The Morgan fingerprint density at radius 3 is 2.08 bits per heavy atom. The number of likely N-dealkylation sites (tertiary alicyclic amines) is 1. The number of amides is 6. The number of carbonyl (C=O) groups is 6. The van der Waals surface area contributed by atoms with Gasteiger partial charge in [0.15, 0.2) is 0 Å². The molecular weight excluding hydrogens is 921 g/mol. The Morgan fingerprint density at radius 2 is 1.41 bits per heavy atom. The second-order valence-corrected chi connectivity index (χ2v) is 23.7. The topological polar surface area (TPSA) is 184 Å². The zero-order valence-electron chi connectivity index (χ0n) is 45.7. The van der Waals surface area contributed by atoms with Gasteiger partial charge in [0.25, 0.3) is 0 Å². The van der Waals surface area contributed by atoms with Gasteiger partial charge in [0, 0.05) is 57.8 Å². The van der Waals surface area contributed by atoms with E-state index >= 15 is 0 Å². The van der Waals surface area contributed by atoms with Crippen molar-refractivity contribution in [1.82, 2.24) is 40.9 Å². The summed E-state index contributed by atoms with van der Waals surface area (Å²) in [5.41, 5.74) is 0.259. The second-order valence-electron chi connectivity index (χ2n) is 23.7. The van der Waals surface area contributed by atoms with E-state index < -0.39 is 59.4 Å². The first-order valence-electron chi connectivity index (χ1n) is 29.1. The van der Waals surface area contributed by atoms with Crippen LogP contribution < -0.4 is 21.3 Å². The van der Waals surface area contributed by atoms with Crippen molar-refractivity contribution >= 4 is 35.4 Å². The zero-order chi connectivity index (χ0) is 52.3. The van der Waals surface area contributed by atoms with E-state index in [0.717, 1.165) is 63.5 Å². The van der Waals surface area contributed by atoms with Gasteiger partial charge in [0.2, 0.25) is 35.4 Å². The summed E-state index contributed by atoms with van der Waals surface area (Å²) < 4.78 is 0. The SMILES string of the molecule is CCC(C)(C)C(=O)N1CCCC1C(=O)N[C@@H](CCCN1CCN(CC2CCCCC2)CC1)C(=O)N[C@H]1CCCCN(CCC2CCCCC2)C(=O)C[C@@H](O)[C@H](Cc2ccccc2)NC(=O)[C@H](CC(C)C)NC1=O. The smallest absolute Gasteiger partial charge is 0.243 e. The van der Waals surface area contributed by atoms with Gasteiger partial charge in [0.05, 0.1) is 18.6 Å². The number of carbonyl (C=O) groups excluding carboxylic acids is 6. The summed E-state index contributed by atoms with van der Waals surface area (Å²) in [7, 11) is 0. The van der Waals surface area contributed by atoms with E-state index in [1.165, 1.54) is 57.9 Å². The van der Waals surface area contributed by atoms with Gasteiger partial charge in [0.1, 0.15) is 24.2 Å². The van der Waals surface area contributed by atoms with Crippen molar-refractivity contribution in [3.63, 3.8) is 0 Å². The van der Waals surface area contributed by atoms with Gasteiger partial charge in [-0.25, -0.2) is 0 Å². The van der Waals surface area contributed by atoms with Crippen LogP contribution in [0.4, 0.5) is 0 Å². The maximum Gasteiger partial charge on any atom is 0.243 e. The number of aliphatic hydroxyl groups excluding tert-OH is 1. The summed E-state index contributed by atoms with van der Waals surface area (Å²) >= 11 is 0. The van der Waals surface area contributed by atoms with Crippen molar-refractivity contribution in [3.05, 3.63) is 35.9 Å². The molecule has 0 radical (unpaired) electrons. The first-order chi connectivity index (χ1) is 35.1. The van der Waals surface area contributed by atoms with Gasteiger partial charge < -0.3 is 46.0 Å². The fraction of sp³-hybridized carbons (Fsp3) is 0.793. The molecule has 1 aromatic rings. The van der Waals surface area contributed by atoms with E-state index in [0.29, 0.717) is 76.9 Å². The first kappa shape index (κ1) is 58.2. The number of nitrogens with zero attached hydrogens (tertiary/aromatic N) is 4. The molecule has 3 aliphatic heterocycles. The second kappa shape index (κ2) is 29.3. The lowest BCUT2D eigenvalue weighted by molar-refractivity contribution is -0.146. The molecule has 0 bridgehead atoms. The Labute approximate surface area is 438 Å². The van der Waals surface area contributed by atoms with Crippen LogP contribution in [0.3, 0.4) is 0 Å². The summed E-state index contributed by atoms with van der Waals surface area (Å²) in [4.78, 5) is 94.8. The fourth-order valence-corrected chi connectivity index (χ4v) is 12.0. The highest BCUT2D eigenvalue weighted by molar-refractivity contribution is 5.96. The van der Waals surface area contributed by atoms with Crippen LogP contribution in [-0.2, 0) is 35.2 Å². The molecule has 3 heterocycles. The summed E-state index contributed by atoms with van der Waals surface area (Å²) in [6, 6.07) is 5.07. The minimum atomic E-state index is -1.17. The lowest BCUT2D eigenvalue weighted by atomic mass is 9.87. The molecule has 73 heavy (non-hydrogen) atoms. The van der Waals surface area contributed by atoms with Crippen LogP contribution in [0.15, 0.2) is 30.3 Å². The summed E-state index contributed by atoms with van der Waals surface area (Å²) in [6.45, 7) is 17.1. The average Bonchev–Trinajstić information content (AvgIpc) is 3.88.